The topological polar surface area (TPSA) is 41.6 Å². The molecule has 1 aromatic rings. The van der Waals surface area contributed by atoms with Crippen molar-refractivity contribution in [3.8, 4) is 0 Å². The van der Waals surface area contributed by atoms with Crippen LogP contribution < -0.4 is 5.32 Å². The first-order valence-electron chi connectivity index (χ1n) is 6.51. The normalized spacial score (nSPS) is 20.9. The van der Waals surface area contributed by atoms with Crippen molar-refractivity contribution in [1.29, 1.82) is 0 Å². The summed E-state index contributed by atoms with van der Waals surface area (Å²) >= 11 is 0. The van der Waals surface area contributed by atoms with Crippen molar-refractivity contribution in [2.75, 3.05) is 19.7 Å². The Balaban J connectivity index is 2.13. The molecule has 0 bridgehead atoms. The maximum atomic E-state index is 13.3. The van der Waals surface area contributed by atoms with Gasteiger partial charge in [0.25, 0.3) is 0 Å². The molecule has 0 aliphatic carbocycles. The number of hydrogen-bond acceptors (Lipinski definition) is 3. The number of nitrogens with zero attached hydrogens (tertiary/aromatic N) is 1. The largest absolute Gasteiger partial charge is 0.377 e. The van der Waals surface area contributed by atoms with Crippen molar-refractivity contribution < 1.29 is 13.9 Å². The molecule has 104 valence electrons. The Morgan fingerprint density at radius 3 is 3.05 bits per heavy atom. The van der Waals surface area contributed by atoms with E-state index in [9.17, 15) is 9.18 Å². The molecule has 1 amide bonds. The lowest BCUT2D eigenvalue weighted by Crippen LogP contribution is -2.36. The Kier molecular flexibility index (Phi) is 4.50. The number of carbonyl (C=O) groups is 1. The van der Waals surface area contributed by atoms with E-state index in [1.165, 1.54) is 12.1 Å². The first-order chi connectivity index (χ1) is 9.11. The molecule has 0 saturated carbocycles. The van der Waals surface area contributed by atoms with Crippen LogP contribution in [0.1, 0.15) is 25.6 Å². The third-order valence-corrected chi connectivity index (χ3v) is 3.15. The van der Waals surface area contributed by atoms with Gasteiger partial charge in [0.05, 0.1) is 12.6 Å². The lowest BCUT2D eigenvalue weighted by molar-refractivity contribution is -0.129. The van der Waals surface area contributed by atoms with Crippen molar-refractivity contribution in [1.82, 2.24) is 10.2 Å². The summed E-state index contributed by atoms with van der Waals surface area (Å²) in [5.41, 5.74) is 0.759. The Labute approximate surface area is 112 Å². The van der Waals surface area contributed by atoms with Crippen LogP contribution >= 0.6 is 0 Å². The average molecular weight is 266 g/mol. The van der Waals surface area contributed by atoms with Gasteiger partial charge in [-0.15, -0.1) is 0 Å². The van der Waals surface area contributed by atoms with E-state index in [0.29, 0.717) is 13.2 Å². The number of benzene rings is 1. The molecule has 1 aliphatic heterocycles. The van der Waals surface area contributed by atoms with E-state index >= 15 is 0 Å². The molecule has 5 heteroatoms. The first kappa shape index (κ1) is 14.0. The number of ether oxygens (including phenoxy) is 1. The van der Waals surface area contributed by atoms with Gasteiger partial charge in [-0.05, 0) is 31.5 Å². The van der Waals surface area contributed by atoms with E-state index in [1.807, 2.05) is 19.9 Å². The number of halogens is 1. The zero-order valence-corrected chi connectivity index (χ0v) is 11.2. The van der Waals surface area contributed by atoms with E-state index in [4.69, 9.17) is 4.74 Å². The van der Waals surface area contributed by atoms with E-state index in [-0.39, 0.29) is 30.5 Å². The average Bonchev–Trinajstić information content (AvgIpc) is 2.71. The second kappa shape index (κ2) is 6.12. The van der Waals surface area contributed by atoms with Crippen molar-refractivity contribution >= 4 is 5.91 Å². The summed E-state index contributed by atoms with van der Waals surface area (Å²) in [6, 6.07) is 6.32. The quantitative estimate of drug-likeness (QED) is 0.881. The van der Waals surface area contributed by atoms with Gasteiger partial charge in [-0.3, -0.25) is 10.1 Å². The van der Waals surface area contributed by atoms with Gasteiger partial charge in [-0.25, -0.2) is 4.39 Å². The van der Waals surface area contributed by atoms with Crippen molar-refractivity contribution in [3.05, 3.63) is 35.6 Å². The maximum Gasteiger partial charge on any atom is 0.238 e. The fourth-order valence-electron chi connectivity index (χ4n) is 2.34. The predicted molar refractivity (Wildman–Crippen MR) is 69.9 cm³/mol. The molecular formula is C14H19FN2O2. The number of rotatable bonds is 5. The summed E-state index contributed by atoms with van der Waals surface area (Å²) in [5, 5.41) is 3.10. The van der Waals surface area contributed by atoms with Gasteiger partial charge in [0, 0.05) is 13.2 Å². The van der Waals surface area contributed by atoms with Gasteiger partial charge < -0.3 is 9.64 Å². The highest BCUT2D eigenvalue weighted by atomic mass is 19.1. The molecule has 1 saturated heterocycles. The van der Waals surface area contributed by atoms with Crippen LogP contribution in [-0.2, 0) is 9.53 Å². The van der Waals surface area contributed by atoms with Crippen LogP contribution in [-0.4, -0.2) is 36.6 Å². The lowest BCUT2D eigenvalue weighted by atomic mass is 10.1. The summed E-state index contributed by atoms with van der Waals surface area (Å²) in [6.07, 6.45) is -0.309. The third-order valence-electron chi connectivity index (χ3n) is 3.15. The Morgan fingerprint density at radius 1 is 1.58 bits per heavy atom. The number of amides is 1. The lowest BCUT2D eigenvalue weighted by Gasteiger charge is -2.27. The summed E-state index contributed by atoms with van der Waals surface area (Å²) in [6.45, 7) is 5.24. The highest BCUT2D eigenvalue weighted by Crippen LogP contribution is 2.23. The zero-order valence-electron chi connectivity index (χ0n) is 11.2. The Bertz CT molecular complexity index is 453. The number of nitrogens with one attached hydrogen (secondary N) is 1. The second-order valence-corrected chi connectivity index (χ2v) is 4.65. The smallest absolute Gasteiger partial charge is 0.238 e. The summed E-state index contributed by atoms with van der Waals surface area (Å²) in [4.78, 5) is 13.6. The molecule has 1 fully saturated rings. The minimum atomic E-state index is -0.295. The maximum absolute atomic E-state index is 13.3. The molecule has 0 aromatic heterocycles. The van der Waals surface area contributed by atoms with Crippen molar-refractivity contribution in [3.63, 3.8) is 0 Å². The minimum Gasteiger partial charge on any atom is -0.377 e. The molecule has 1 aliphatic rings. The molecule has 4 nitrogen and oxygen atoms in total. The molecular weight excluding hydrogens is 247 g/mol. The first-order valence-corrected chi connectivity index (χ1v) is 6.51. The van der Waals surface area contributed by atoms with Gasteiger partial charge in [0.2, 0.25) is 5.91 Å². The van der Waals surface area contributed by atoms with E-state index < -0.39 is 0 Å². The fourth-order valence-corrected chi connectivity index (χ4v) is 2.34. The molecule has 0 spiro atoms. The van der Waals surface area contributed by atoms with E-state index in [0.717, 1.165) is 5.56 Å². The van der Waals surface area contributed by atoms with Gasteiger partial charge in [-0.2, -0.15) is 0 Å². The molecule has 0 radical (unpaired) electrons. The van der Waals surface area contributed by atoms with Crippen molar-refractivity contribution in [2.45, 2.75) is 26.1 Å². The SMILES string of the molecule is CCOC(C)CN1C(=O)CNC1c1cccc(F)c1. The number of hydrogen-bond donors (Lipinski definition) is 1. The molecule has 2 rings (SSSR count). The fraction of sp³-hybridized carbons (Fsp3) is 0.500. The monoisotopic (exact) mass is 266 g/mol. The van der Waals surface area contributed by atoms with Crippen LogP contribution in [0, 0.1) is 5.82 Å². The van der Waals surface area contributed by atoms with Crippen LogP contribution in [0.5, 0.6) is 0 Å². The molecule has 19 heavy (non-hydrogen) atoms. The summed E-state index contributed by atoms with van der Waals surface area (Å²) < 4.78 is 18.7. The Morgan fingerprint density at radius 2 is 2.37 bits per heavy atom. The van der Waals surface area contributed by atoms with Gasteiger partial charge in [0.15, 0.2) is 0 Å². The summed E-state index contributed by atoms with van der Waals surface area (Å²) in [5.74, 6) is -0.280. The Hall–Kier alpha value is -1.46. The van der Waals surface area contributed by atoms with Gasteiger partial charge in [0.1, 0.15) is 12.0 Å². The minimum absolute atomic E-state index is 0.0146. The third kappa shape index (κ3) is 3.30. The molecule has 2 unspecified atom stereocenters. The van der Waals surface area contributed by atoms with Crippen molar-refractivity contribution in [2.24, 2.45) is 0 Å². The van der Waals surface area contributed by atoms with E-state index in [1.54, 1.807) is 11.0 Å². The molecule has 1 heterocycles. The van der Waals surface area contributed by atoms with Crippen LogP contribution in [0.4, 0.5) is 4.39 Å². The molecule has 1 N–H and O–H groups in total. The van der Waals surface area contributed by atoms with Crippen LogP contribution in [0.3, 0.4) is 0 Å². The van der Waals surface area contributed by atoms with Gasteiger partial charge in [-0.1, -0.05) is 12.1 Å². The van der Waals surface area contributed by atoms with Crippen LogP contribution in [0.2, 0.25) is 0 Å². The predicted octanol–water partition coefficient (Wildman–Crippen LogP) is 1.68. The highest BCUT2D eigenvalue weighted by molar-refractivity contribution is 5.81. The zero-order chi connectivity index (χ0) is 13.8. The second-order valence-electron chi connectivity index (χ2n) is 4.65. The van der Waals surface area contributed by atoms with E-state index in [2.05, 4.69) is 5.32 Å². The number of carbonyl (C=O) groups excluding carboxylic acids is 1. The van der Waals surface area contributed by atoms with Crippen LogP contribution in [0.15, 0.2) is 24.3 Å². The standard InChI is InChI=1S/C14H19FN2O2/c1-3-19-10(2)9-17-13(18)8-16-14(17)11-5-4-6-12(15)7-11/h4-7,10,14,16H,3,8-9H2,1-2H3. The molecule has 2 atom stereocenters. The summed E-state index contributed by atoms with van der Waals surface area (Å²) in [7, 11) is 0. The highest BCUT2D eigenvalue weighted by Gasteiger charge is 2.32. The molecule has 1 aromatic carbocycles. The van der Waals surface area contributed by atoms with Gasteiger partial charge >= 0.3 is 0 Å². The van der Waals surface area contributed by atoms with Crippen LogP contribution in [0.25, 0.3) is 0 Å².